The Bertz CT molecular complexity index is 231. The van der Waals surface area contributed by atoms with Crippen molar-refractivity contribution in [2.24, 2.45) is 5.92 Å². The van der Waals surface area contributed by atoms with Crippen molar-refractivity contribution in [3.8, 4) is 0 Å². The standard InChI is InChI=1S/C13H25NO5/c1-16-5-6-17-7-8-18-9-10-19-13(15)12-3-2-4-14-11-12/h12,14H,2-11H2,1H3/t12-/m1/s1. The highest BCUT2D eigenvalue weighted by Gasteiger charge is 2.21. The molecular weight excluding hydrogens is 250 g/mol. The number of carbonyl (C=O) groups excluding carboxylic acids is 1. The van der Waals surface area contributed by atoms with Crippen LogP contribution in [0.4, 0.5) is 0 Å². The van der Waals surface area contributed by atoms with Gasteiger partial charge in [-0.2, -0.15) is 0 Å². The van der Waals surface area contributed by atoms with Gasteiger partial charge in [-0.25, -0.2) is 0 Å². The van der Waals surface area contributed by atoms with Crippen LogP contribution in [0.1, 0.15) is 12.8 Å². The van der Waals surface area contributed by atoms with Crippen molar-refractivity contribution in [3.63, 3.8) is 0 Å². The van der Waals surface area contributed by atoms with Crippen molar-refractivity contribution < 1.29 is 23.7 Å². The van der Waals surface area contributed by atoms with Gasteiger partial charge in [0.25, 0.3) is 0 Å². The van der Waals surface area contributed by atoms with Crippen molar-refractivity contribution in [3.05, 3.63) is 0 Å². The molecule has 1 atom stereocenters. The van der Waals surface area contributed by atoms with E-state index in [2.05, 4.69) is 5.32 Å². The van der Waals surface area contributed by atoms with E-state index < -0.39 is 0 Å². The zero-order valence-corrected chi connectivity index (χ0v) is 11.7. The summed E-state index contributed by atoms with van der Waals surface area (Å²) in [7, 11) is 1.63. The lowest BCUT2D eigenvalue weighted by molar-refractivity contribution is -0.150. The lowest BCUT2D eigenvalue weighted by atomic mass is 10.0. The summed E-state index contributed by atoms with van der Waals surface area (Å²) in [6, 6.07) is 0. The third-order valence-corrected chi connectivity index (χ3v) is 2.91. The first-order chi connectivity index (χ1) is 9.34. The number of nitrogens with one attached hydrogen (secondary N) is 1. The van der Waals surface area contributed by atoms with E-state index >= 15 is 0 Å². The molecule has 19 heavy (non-hydrogen) atoms. The number of hydrogen-bond acceptors (Lipinski definition) is 6. The van der Waals surface area contributed by atoms with Gasteiger partial charge in [0.1, 0.15) is 6.61 Å². The van der Waals surface area contributed by atoms with Crippen LogP contribution < -0.4 is 5.32 Å². The average Bonchev–Trinajstić information content (AvgIpc) is 2.46. The topological polar surface area (TPSA) is 66.0 Å². The molecule has 0 aliphatic carbocycles. The number of methoxy groups -OCH3 is 1. The van der Waals surface area contributed by atoms with Crippen molar-refractivity contribution in [2.45, 2.75) is 12.8 Å². The second kappa shape index (κ2) is 11.2. The molecule has 0 aromatic carbocycles. The zero-order valence-electron chi connectivity index (χ0n) is 11.7. The molecule has 1 saturated heterocycles. The van der Waals surface area contributed by atoms with Crippen LogP contribution in [0.5, 0.6) is 0 Å². The van der Waals surface area contributed by atoms with E-state index in [4.69, 9.17) is 18.9 Å². The number of carbonyl (C=O) groups is 1. The minimum atomic E-state index is -0.118. The van der Waals surface area contributed by atoms with E-state index in [9.17, 15) is 4.79 Å². The van der Waals surface area contributed by atoms with E-state index in [1.807, 2.05) is 0 Å². The second-order valence-electron chi connectivity index (χ2n) is 4.43. The van der Waals surface area contributed by atoms with Crippen LogP contribution >= 0.6 is 0 Å². The fourth-order valence-corrected chi connectivity index (χ4v) is 1.84. The molecule has 1 aliphatic rings. The molecule has 1 aliphatic heterocycles. The van der Waals surface area contributed by atoms with Gasteiger partial charge in [0.2, 0.25) is 0 Å². The Balaban J connectivity index is 1.86. The van der Waals surface area contributed by atoms with Crippen LogP contribution in [0.15, 0.2) is 0 Å². The molecule has 0 unspecified atom stereocenters. The van der Waals surface area contributed by atoms with Gasteiger partial charge in [0, 0.05) is 13.7 Å². The summed E-state index contributed by atoms with van der Waals surface area (Å²) in [4.78, 5) is 11.6. The molecule has 112 valence electrons. The van der Waals surface area contributed by atoms with Gasteiger partial charge >= 0.3 is 5.97 Å². The normalized spacial score (nSPS) is 19.3. The van der Waals surface area contributed by atoms with Gasteiger partial charge < -0.3 is 24.3 Å². The molecule has 0 saturated carbocycles. The summed E-state index contributed by atoms with van der Waals surface area (Å²) >= 11 is 0. The molecule has 1 N–H and O–H groups in total. The van der Waals surface area contributed by atoms with E-state index in [0.717, 1.165) is 25.9 Å². The van der Waals surface area contributed by atoms with E-state index in [0.29, 0.717) is 39.6 Å². The smallest absolute Gasteiger partial charge is 0.310 e. The first kappa shape index (κ1) is 16.4. The Hall–Kier alpha value is -0.690. The first-order valence-corrected chi connectivity index (χ1v) is 6.86. The minimum Gasteiger partial charge on any atom is -0.463 e. The molecule has 0 spiro atoms. The van der Waals surface area contributed by atoms with Gasteiger partial charge in [0.15, 0.2) is 0 Å². The Labute approximate surface area is 114 Å². The highest BCUT2D eigenvalue weighted by molar-refractivity contribution is 5.72. The molecule has 0 aromatic heterocycles. The quantitative estimate of drug-likeness (QED) is 0.454. The number of esters is 1. The molecule has 0 bridgehead atoms. The van der Waals surface area contributed by atoms with Crippen LogP contribution in [0.25, 0.3) is 0 Å². The predicted octanol–water partition coefficient (Wildman–Crippen LogP) is 0.209. The first-order valence-electron chi connectivity index (χ1n) is 6.86. The minimum absolute atomic E-state index is 0.00567. The molecule has 1 rings (SSSR count). The van der Waals surface area contributed by atoms with Crippen LogP contribution in [0, 0.1) is 5.92 Å². The van der Waals surface area contributed by atoms with Crippen LogP contribution in [-0.2, 0) is 23.7 Å². The Morgan fingerprint density at radius 3 is 2.42 bits per heavy atom. The van der Waals surface area contributed by atoms with Crippen LogP contribution in [0.3, 0.4) is 0 Å². The van der Waals surface area contributed by atoms with Gasteiger partial charge in [-0.3, -0.25) is 4.79 Å². The third-order valence-electron chi connectivity index (χ3n) is 2.91. The summed E-state index contributed by atoms with van der Waals surface area (Å²) in [5.74, 6) is -0.113. The molecule has 6 heteroatoms. The summed E-state index contributed by atoms with van der Waals surface area (Å²) in [5.41, 5.74) is 0. The fourth-order valence-electron chi connectivity index (χ4n) is 1.84. The zero-order chi connectivity index (χ0) is 13.8. The molecule has 0 aromatic rings. The van der Waals surface area contributed by atoms with Gasteiger partial charge in [-0.15, -0.1) is 0 Å². The Morgan fingerprint density at radius 2 is 1.79 bits per heavy atom. The maximum atomic E-state index is 11.6. The van der Waals surface area contributed by atoms with E-state index in [1.165, 1.54) is 0 Å². The number of hydrogen-bond donors (Lipinski definition) is 1. The lowest BCUT2D eigenvalue weighted by Crippen LogP contribution is -2.35. The lowest BCUT2D eigenvalue weighted by Gasteiger charge is -2.21. The largest absolute Gasteiger partial charge is 0.463 e. The Kier molecular flexibility index (Phi) is 9.61. The van der Waals surface area contributed by atoms with Gasteiger partial charge in [0.05, 0.1) is 39.0 Å². The highest BCUT2D eigenvalue weighted by Crippen LogP contribution is 2.11. The summed E-state index contributed by atoms with van der Waals surface area (Å²) in [6.45, 7) is 4.66. The summed E-state index contributed by atoms with van der Waals surface area (Å²) < 4.78 is 20.5. The molecule has 1 fully saturated rings. The van der Waals surface area contributed by atoms with E-state index in [-0.39, 0.29) is 11.9 Å². The molecule has 1 heterocycles. The van der Waals surface area contributed by atoms with Crippen LogP contribution in [-0.4, -0.2) is 65.8 Å². The maximum Gasteiger partial charge on any atom is 0.310 e. The maximum absolute atomic E-state index is 11.6. The highest BCUT2D eigenvalue weighted by atomic mass is 16.6. The monoisotopic (exact) mass is 275 g/mol. The van der Waals surface area contributed by atoms with Crippen molar-refractivity contribution in [1.29, 1.82) is 0 Å². The van der Waals surface area contributed by atoms with Gasteiger partial charge in [-0.1, -0.05) is 0 Å². The van der Waals surface area contributed by atoms with Crippen molar-refractivity contribution >= 4 is 5.97 Å². The average molecular weight is 275 g/mol. The van der Waals surface area contributed by atoms with Crippen LogP contribution in [0.2, 0.25) is 0 Å². The molecule has 0 amide bonds. The SMILES string of the molecule is COCCOCCOCCOC(=O)[C@@H]1CCCNC1. The van der Waals surface area contributed by atoms with Crippen molar-refractivity contribution in [2.75, 3.05) is 59.8 Å². The summed E-state index contributed by atoms with van der Waals surface area (Å²) in [6.07, 6.45) is 1.95. The Morgan fingerprint density at radius 1 is 1.11 bits per heavy atom. The number of ether oxygens (including phenoxy) is 4. The molecule has 6 nitrogen and oxygen atoms in total. The van der Waals surface area contributed by atoms with Gasteiger partial charge in [-0.05, 0) is 19.4 Å². The van der Waals surface area contributed by atoms with Crippen molar-refractivity contribution in [1.82, 2.24) is 5.32 Å². The number of rotatable bonds is 10. The van der Waals surface area contributed by atoms with E-state index in [1.54, 1.807) is 7.11 Å². The number of piperidine rings is 1. The second-order valence-corrected chi connectivity index (χ2v) is 4.43. The molecule has 0 radical (unpaired) electrons. The molecular formula is C13H25NO5. The third kappa shape index (κ3) is 8.15. The summed E-state index contributed by atoms with van der Waals surface area (Å²) in [5, 5.41) is 3.19. The predicted molar refractivity (Wildman–Crippen MR) is 70.1 cm³/mol. The fraction of sp³-hybridized carbons (Fsp3) is 0.923.